The zero-order valence-corrected chi connectivity index (χ0v) is 17.0. The molecule has 0 unspecified atom stereocenters. The summed E-state index contributed by atoms with van der Waals surface area (Å²) in [6.45, 7) is 7.63. The molecule has 8 nitrogen and oxygen atoms in total. The summed E-state index contributed by atoms with van der Waals surface area (Å²) in [7, 11) is 1.58. The molecule has 0 aliphatic rings. The standard InChI is InChI=1S/C18H27N5O3S/c1-18(2,3)13-5-7-14(8-6-13)26-11-15-21-22-17(23(15)19)27-12-16(24)20-9-10-25-4/h5-8H,9-12,19H2,1-4H3,(H,20,24). The van der Waals surface area contributed by atoms with E-state index in [0.29, 0.717) is 24.1 Å². The lowest BCUT2D eigenvalue weighted by molar-refractivity contribution is -0.118. The molecule has 0 aliphatic carbocycles. The maximum absolute atomic E-state index is 11.7. The van der Waals surface area contributed by atoms with E-state index in [1.54, 1.807) is 7.11 Å². The van der Waals surface area contributed by atoms with E-state index >= 15 is 0 Å². The maximum atomic E-state index is 11.7. The van der Waals surface area contributed by atoms with Crippen LogP contribution >= 0.6 is 11.8 Å². The van der Waals surface area contributed by atoms with E-state index in [1.165, 1.54) is 22.0 Å². The van der Waals surface area contributed by atoms with Crippen molar-refractivity contribution in [2.75, 3.05) is 31.9 Å². The number of nitrogens with zero attached hydrogens (tertiary/aromatic N) is 3. The highest BCUT2D eigenvalue weighted by Gasteiger charge is 2.14. The molecule has 1 heterocycles. The number of carbonyl (C=O) groups is 1. The SMILES string of the molecule is COCCNC(=O)CSc1nnc(COc2ccc(C(C)(C)C)cc2)n1N. The van der Waals surface area contributed by atoms with Gasteiger partial charge in [0.1, 0.15) is 12.4 Å². The van der Waals surface area contributed by atoms with Gasteiger partial charge in [-0.1, -0.05) is 44.7 Å². The van der Waals surface area contributed by atoms with Gasteiger partial charge >= 0.3 is 0 Å². The van der Waals surface area contributed by atoms with Gasteiger partial charge in [-0.05, 0) is 23.1 Å². The summed E-state index contributed by atoms with van der Waals surface area (Å²) >= 11 is 1.22. The Hall–Kier alpha value is -2.26. The molecule has 1 amide bonds. The summed E-state index contributed by atoms with van der Waals surface area (Å²) in [5, 5.41) is 11.2. The minimum absolute atomic E-state index is 0.0952. The highest BCUT2D eigenvalue weighted by Crippen LogP contribution is 2.24. The van der Waals surface area contributed by atoms with E-state index in [2.05, 4.69) is 36.3 Å². The van der Waals surface area contributed by atoms with Crippen molar-refractivity contribution >= 4 is 17.7 Å². The molecule has 1 aromatic heterocycles. The number of rotatable bonds is 9. The summed E-state index contributed by atoms with van der Waals surface area (Å²) in [5.41, 5.74) is 1.33. The van der Waals surface area contributed by atoms with Gasteiger partial charge in [-0.2, -0.15) is 0 Å². The number of nitrogens with two attached hydrogens (primary N) is 1. The first kappa shape index (κ1) is 21.0. The topological polar surface area (TPSA) is 104 Å². The van der Waals surface area contributed by atoms with Crippen molar-refractivity contribution in [3.63, 3.8) is 0 Å². The van der Waals surface area contributed by atoms with E-state index in [1.807, 2.05) is 24.3 Å². The number of hydrogen-bond acceptors (Lipinski definition) is 7. The molecule has 9 heteroatoms. The summed E-state index contributed by atoms with van der Waals surface area (Å²) in [5.74, 6) is 7.30. The van der Waals surface area contributed by atoms with Crippen molar-refractivity contribution in [3.05, 3.63) is 35.7 Å². The molecular weight excluding hydrogens is 366 g/mol. The Morgan fingerprint density at radius 2 is 1.96 bits per heavy atom. The van der Waals surface area contributed by atoms with Crippen molar-refractivity contribution in [3.8, 4) is 5.75 Å². The Bertz CT molecular complexity index is 740. The molecule has 148 valence electrons. The predicted molar refractivity (Wildman–Crippen MR) is 105 cm³/mol. The largest absolute Gasteiger partial charge is 0.486 e. The number of nitrogen functional groups attached to an aromatic ring is 1. The van der Waals surface area contributed by atoms with Crippen LogP contribution in [0.3, 0.4) is 0 Å². The lowest BCUT2D eigenvalue weighted by Gasteiger charge is -2.19. The molecule has 1 aromatic carbocycles. The van der Waals surface area contributed by atoms with Gasteiger partial charge in [0.2, 0.25) is 11.1 Å². The average molecular weight is 394 g/mol. The molecule has 0 aliphatic heterocycles. The summed E-state index contributed by atoms with van der Waals surface area (Å²) in [6.07, 6.45) is 0. The lowest BCUT2D eigenvalue weighted by atomic mass is 9.87. The van der Waals surface area contributed by atoms with E-state index in [9.17, 15) is 4.79 Å². The fourth-order valence-corrected chi connectivity index (χ4v) is 2.88. The minimum Gasteiger partial charge on any atom is -0.486 e. The summed E-state index contributed by atoms with van der Waals surface area (Å²) in [6, 6.07) is 7.95. The summed E-state index contributed by atoms with van der Waals surface area (Å²) in [4.78, 5) is 11.7. The zero-order valence-electron chi connectivity index (χ0n) is 16.2. The quantitative estimate of drug-likeness (QED) is 0.380. The third-order valence-electron chi connectivity index (χ3n) is 3.78. The number of amides is 1. The number of aromatic nitrogens is 3. The molecule has 0 fully saturated rings. The highest BCUT2D eigenvalue weighted by molar-refractivity contribution is 7.99. The average Bonchev–Trinajstić information content (AvgIpc) is 2.98. The number of ether oxygens (including phenoxy) is 2. The Morgan fingerprint density at radius 3 is 2.59 bits per heavy atom. The Morgan fingerprint density at radius 1 is 1.26 bits per heavy atom. The first-order valence-electron chi connectivity index (χ1n) is 8.62. The van der Waals surface area contributed by atoms with Crippen LogP contribution in [0.1, 0.15) is 32.2 Å². The number of nitrogens with one attached hydrogen (secondary N) is 1. The lowest BCUT2D eigenvalue weighted by Crippen LogP contribution is -2.28. The van der Waals surface area contributed by atoms with Gasteiger partial charge in [0, 0.05) is 13.7 Å². The van der Waals surface area contributed by atoms with Crippen LogP contribution in [0.4, 0.5) is 0 Å². The number of benzene rings is 1. The van der Waals surface area contributed by atoms with Gasteiger partial charge in [-0.15, -0.1) is 10.2 Å². The number of hydrogen-bond donors (Lipinski definition) is 2. The normalized spacial score (nSPS) is 11.4. The molecule has 0 spiro atoms. The molecule has 2 rings (SSSR count). The number of thioether (sulfide) groups is 1. The number of methoxy groups -OCH3 is 1. The third-order valence-corrected chi connectivity index (χ3v) is 4.73. The van der Waals surface area contributed by atoms with E-state index in [4.69, 9.17) is 15.3 Å². The smallest absolute Gasteiger partial charge is 0.230 e. The van der Waals surface area contributed by atoms with E-state index in [0.717, 1.165) is 5.75 Å². The molecule has 0 radical (unpaired) electrons. The second-order valence-corrected chi connectivity index (χ2v) is 7.91. The highest BCUT2D eigenvalue weighted by atomic mass is 32.2. The van der Waals surface area contributed by atoms with Crippen LogP contribution in [0.2, 0.25) is 0 Å². The molecule has 0 saturated carbocycles. The van der Waals surface area contributed by atoms with E-state index < -0.39 is 0 Å². The first-order chi connectivity index (χ1) is 12.8. The van der Waals surface area contributed by atoms with Crippen LogP contribution in [-0.4, -0.2) is 46.8 Å². The van der Waals surface area contributed by atoms with Crippen molar-refractivity contribution in [1.29, 1.82) is 0 Å². The third kappa shape index (κ3) is 6.44. The Balaban J connectivity index is 1.85. The fourth-order valence-electron chi connectivity index (χ4n) is 2.18. The molecule has 27 heavy (non-hydrogen) atoms. The molecule has 0 saturated heterocycles. The molecule has 0 atom stereocenters. The van der Waals surface area contributed by atoms with Gasteiger partial charge in [-0.25, -0.2) is 4.68 Å². The van der Waals surface area contributed by atoms with Crippen LogP contribution in [-0.2, 0) is 21.6 Å². The summed E-state index contributed by atoms with van der Waals surface area (Å²) < 4.78 is 12.0. The molecule has 0 bridgehead atoms. The molecular formula is C18H27N5O3S. The van der Waals surface area contributed by atoms with Gasteiger partial charge in [0.15, 0.2) is 5.82 Å². The monoisotopic (exact) mass is 393 g/mol. The van der Waals surface area contributed by atoms with Crippen molar-refractivity contribution in [1.82, 2.24) is 20.2 Å². The van der Waals surface area contributed by atoms with E-state index in [-0.39, 0.29) is 23.7 Å². The van der Waals surface area contributed by atoms with Gasteiger partial charge in [0.05, 0.1) is 12.4 Å². The Labute approximate surface area is 163 Å². The van der Waals surface area contributed by atoms with Crippen LogP contribution in [0, 0.1) is 0 Å². The van der Waals surface area contributed by atoms with Crippen molar-refractivity contribution in [2.24, 2.45) is 0 Å². The van der Waals surface area contributed by atoms with Crippen molar-refractivity contribution in [2.45, 2.75) is 37.9 Å². The fraction of sp³-hybridized carbons (Fsp3) is 0.500. The second-order valence-electron chi connectivity index (χ2n) is 6.96. The second kappa shape index (κ2) is 9.61. The van der Waals surface area contributed by atoms with Crippen molar-refractivity contribution < 1.29 is 14.3 Å². The minimum atomic E-state index is -0.114. The predicted octanol–water partition coefficient (Wildman–Crippen LogP) is 1.72. The number of carbonyl (C=O) groups excluding carboxylic acids is 1. The van der Waals surface area contributed by atoms with Gasteiger partial charge in [-0.3, -0.25) is 4.79 Å². The van der Waals surface area contributed by atoms with Crippen LogP contribution in [0.25, 0.3) is 0 Å². The van der Waals surface area contributed by atoms with Gasteiger partial charge in [0.25, 0.3) is 0 Å². The first-order valence-corrected chi connectivity index (χ1v) is 9.61. The molecule has 3 N–H and O–H groups in total. The van der Waals surface area contributed by atoms with Crippen LogP contribution in [0.5, 0.6) is 5.75 Å². The van der Waals surface area contributed by atoms with Gasteiger partial charge < -0.3 is 20.6 Å². The molecule has 2 aromatic rings. The Kier molecular flexibility index (Phi) is 7.49. The van der Waals surface area contributed by atoms with Crippen LogP contribution in [0.15, 0.2) is 29.4 Å². The zero-order chi connectivity index (χ0) is 19.9. The maximum Gasteiger partial charge on any atom is 0.230 e. The van der Waals surface area contributed by atoms with Crippen LogP contribution < -0.4 is 15.9 Å².